The molecule has 3 aromatic rings. The molecule has 1 aliphatic rings. The van der Waals surface area contributed by atoms with Crippen molar-refractivity contribution in [3.8, 4) is 17.2 Å². The largest absolute Gasteiger partial charge is 1.00 e. The van der Waals surface area contributed by atoms with E-state index in [1.54, 1.807) is 36.4 Å². The molecule has 0 saturated heterocycles. The first kappa shape index (κ1) is 45.9. The molecule has 0 amide bonds. The van der Waals surface area contributed by atoms with Crippen molar-refractivity contribution < 1.29 is 110 Å². The second-order valence-electron chi connectivity index (χ2n) is 7.42. The van der Waals surface area contributed by atoms with Gasteiger partial charge >= 0.3 is 59.1 Å². The molecule has 0 aliphatic heterocycles. The minimum absolute atomic E-state index is 0. The topological polar surface area (TPSA) is 248 Å². The number of ketones is 1. The van der Waals surface area contributed by atoms with Crippen molar-refractivity contribution in [2.75, 3.05) is 5.32 Å². The average Bonchev–Trinajstić information content (AvgIpc) is 2.88. The van der Waals surface area contributed by atoms with Crippen molar-refractivity contribution in [1.29, 1.82) is 0 Å². The average molecular weight is 759 g/mol. The number of carbonyl (C=O) groups is 1. The SMILES string of the molecule is O=C1C=CC(=Nc2cc(Cl)c([O-])c(Cl)c2)C=C1.O=S(=O)([O-])O.O=S([O-])[O-].[Na+].[Na+].[O-]c1c(Cl)cc(Nc2ccc(O)cc2)cc1Cl. The summed E-state index contributed by atoms with van der Waals surface area (Å²) >= 11 is 19.8. The van der Waals surface area contributed by atoms with Gasteiger partial charge in [-0.3, -0.25) is 13.6 Å². The Bertz CT molecular complexity index is 1600. The van der Waals surface area contributed by atoms with Gasteiger partial charge in [0, 0.05) is 31.5 Å². The van der Waals surface area contributed by atoms with E-state index in [9.17, 15) is 15.0 Å². The zero-order valence-electron chi connectivity index (χ0n) is 22.8. The fourth-order valence-electron chi connectivity index (χ4n) is 2.62. The van der Waals surface area contributed by atoms with E-state index in [0.717, 1.165) is 5.69 Å². The van der Waals surface area contributed by atoms with Crippen LogP contribution < -0.4 is 74.6 Å². The van der Waals surface area contributed by atoms with Gasteiger partial charge in [-0.1, -0.05) is 57.9 Å². The van der Waals surface area contributed by atoms with Crippen molar-refractivity contribution in [3.63, 3.8) is 0 Å². The monoisotopic (exact) mass is 757 g/mol. The third kappa shape index (κ3) is 20.6. The smallest absolute Gasteiger partial charge is 0.870 e. The molecule has 13 nitrogen and oxygen atoms in total. The molecule has 3 N–H and O–H groups in total. The third-order valence-electron chi connectivity index (χ3n) is 4.23. The van der Waals surface area contributed by atoms with Crippen LogP contribution in [0.1, 0.15) is 0 Å². The first-order valence-corrected chi connectivity index (χ1v) is 14.6. The van der Waals surface area contributed by atoms with Gasteiger partial charge < -0.3 is 34.3 Å². The quantitative estimate of drug-likeness (QED) is 0.0680. The van der Waals surface area contributed by atoms with Crippen LogP contribution in [-0.4, -0.2) is 47.4 Å². The molecular weight excluding hydrogens is 744 g/mol. The van der Waals surface area contributed by atoms with Gasteiger partial charge in [-0.2, -0.15) is 0 Å². The Morgan fingerprint density at radius 2 is 1.11 bits per heavy atom. The van der Waals surface area contributed by atoms with E-state index < -0.39 is 27.5 Å². The number of aliphatic imine (C=N–C) groups is 1. The number of halogens is 4. The summed E-state index contributed by atoms with van der Waals surface area (Å²) in [6.45, 7) is 0. The fraction of sp³-hybridized carbons (Fsp3) is 0. The Labute approximate surface area is 323 Å². The molecule has 0 radical (unpaired) electrons. The zero-order valence-corrected chi connectivity index (χ0v) is 31.4. The molecule has 45 heavy (non-hydrogen) atoms. The second kappa shape index (κ2) is 22.4. The number of phenols is 1. The van der Waals surface area contributed by atoms with Crippen LogP contribution in [0.3, 0.4) is 0 Å². The molecule has 0 heterocycles. The van der Waals surface area contributed by atoms with Crippen LogP contribution in [0.2, 0.25) is 20.1 Å². The number of phenolic OH excluding ortho intramolecular Hbond substituents is 1. The summed E-state index contributed by atoms with van der Waals surface area (Å²) < 4.78 is 58.2. The first-order valence-electron chi connectivity index (χ1n) is 10.7. The fourth-order valence-corrected chi connectivity index (χ4v) is 3.59. The molecule has 4 rings (SSSR count). The molecule has 21 heteroatoms. The molecule has 0 spiro atoms. The van der Waals surface area contributed by atoms with Crippen molar-refractivity contribution >= 4 is 96.7 Å². The number of hydrogen-bond acceptors (Lipinski definition) is 12. The number of hydrogen-bond donors (Lipinski definition) is 3. The van der Waals surface area contributed by atoms with Crippen LogP contribution >= 0.6 is 46.4 Å². The number of aromatic hydroxyl groups is 1. The van der Waals surface area contributed by atoms with Gasteiger partial charge in [-0.25, -0.2) is 13.4 Å². The van der Waals surface area contributed by atoms with Crippen LogP contribution in [0.15, 0.2) is 77.8 Å². The molecule has 0 atom stereocenters. The predicted molar refractivity (Wildman–Crippen MR) is 156 cm³/mol. The van der Waals surface area contributed by atoms with E-state index >= 15 is 0 Å². The summed E-state index contributed by atoms with van der Waals surface area (Å²) in [7, 11) is -4.92. The molecule has 0 aromatic heterocycles. The molecule has 0 bridgehead atoms. The Hall–Kier alpha value is -1.22. The van der Waals surface area contributed by atoms with E-state index in [0.29, 0.717) is 17.1 Å². The summed E-state index contributed by atoms with van der Waals surface area (Å²) in [5, 5.41) is 34.9. The number of rotatable bonds is 3. The van der Waals surface area contributed by atoms with Gasteiger partial charge in [0.25, 0.3) is 0 Å². The van der Waals surface area contributed by atoms with Gasteiger partial charge in [-0.05, 0) is 72.8 Å². The molecular formula is C24H15Cl4N2Na2O11S2-3. The van der Waals surface area contributed by atoms with Crippen LogP contribution in [0, 0.1) is 0 Å². The van der Waals surface area contributed by atoms with Gasteiger partial charge in [0.05, 0.1) is 11.4 Å². The maximum absolute atomic E-state index is 11.3. The van der Waals surface area contributed by atoms with Gasteiger partial charge in [0.15, 0.2) is 5.78 Å². The summed E-state index contributed by atoms with van der Waals surface area (Å²) in [6, 6.07) is 12.4. The van der Waals surface area contributed by atoms with Crippen molar-refractivity contribution in [2.24, 2.45) is 4.99 Å². The Morgan fingerprint density at radius 1 is 0.756 bits per heavy atom. The van der Waals surface area contributed by atoms with E-state index in [4.69, 9.17) is 82.3 Å². The molecule has 1 aliphatic carbocycles. The summed E-state index contributed by atoms with van der Waals surface area (Å²) in [5.74, 6) is -0.705. The summed E-state index contributed by atoms with van der Waals surface area (Å²) in [4.78, 5) is 15.1. The standard InChI is InChI=1S/C12H9Cl2NO2.C12H7Cl2NO2.2Na.H2O4S.H2O3S/c2*13-10-5-8(6-11(14)12(10)17)15-7-1-3-9(16)4-2-7;;;1-5(2,3)4;1-4(2)3/h1-6,15-17H;1-6,17H;;;(H2,1,2,3,4);(H2,1,2,3)/q;;2*+1;;/p-5. The maximum Gasteiger partial charge on any atom is 1.00 e. The first-order chi connectivity index (χ1) is 19.8. The number of benzene rings is 3. The molecule has 0 saturated carbocycles. The van der Waals surface area contributed by atoms with E-state index in [2.05, 4.69) is 10.3 Å². The maximum atomic E-state index is 11.3. The van der Waals surface area contributed by atoms with E-state index in [1.807, 2.05) is 0 Å². The normalized spacial score (nSPS) is 11.3. The van der Waals surface area contributed by atoms with Gasteiger partial charge in [0.2, 0.25) is 10.4 Å². The Morgan fingerprint density at radius 3 is 1.49 bits per heavy atom. The summed E-state index contributed by atoms with van der Waals surface area (Å²) in [5.41, 5.74) is 2.44. The van der Waals surface area contributed by atoms with Crippen molar-refractivity contribution in [3.05, 3.63) is 92.9 Å². The second-order valence-corrected chi connectivity index (χ2v) is 10.3. The number of nitrogens with zero attached hydrogens (tertiary/aromatic N) is 1. The number of anilines is 2. The van der Waals surface area contributed by atoms with Crippen molar-refractivity contribution in [1.82, 2.24) is 0 Å². The number of allylic oxidation sites excluding steroid dienone is 4. The van der Waals surface area contributed by atoms with Crippen LogP contribution in [0.25, 0.3) is 0 Å². The number of nitrogens with one attached hydrogen (secondary N) is 1. The molecule has 232 valence electrons. The zero-order chi connectivity index (χ0) is 32.9. The Kier molecular flexibility index (Phi) is 22.8. The van der Waals surface area contributed by atoms with Crippen molar-refractivity contribution in [2.45, 2.75) is 0 Å². The molecule has 0 fully saturated rings. The summed E-state index contributed by atoms with van der Waals surface area (Å²) in [6.07, 6.45) is 5.97. The van der Waals surface area contributed by atoms with E-state index in [-0.39, 0.29) is 96.5 Å². The van der Waals surface area contributed by atoms with Crippen LogP contribution in [0.4, 0.5) is 17.1 Å². The minimum atomic E-state index is -4.92. The van der Waals surface area contributed by atoms with Gasteiger partial charge in [0.1, 0.15) is 5.75 Å². The van der Waals surface area contributed by atoms with Gasteiger partial charge in [-0.15, -0.1) is 11.4 Å². The van der Waals surface area contributed by atoms with Crippen LogP contribution in [-0.2, 0) is 26.6 Å². The molecule has 3 aromatic carbocycles. The predicted octanol–water partition coefficient (Wildman–Crippen LogP) is -1.64. The number of carbonyl (C=O) groups excluding carboxylic acids is 1. The molecule has 0 unspecified atom stereocenters. The third-order valence-corrected chi connectivity index (χ3v) is 5.36. The Balaban J connectivity index is 0. The minimum Gasteiger partial charge on any atom is -0.870 e. The van der Waals surface area contributed by atoms with Crippen LogP contribution in [0.5, 0.6) is 17.2 Å². The van der Waals surface area contributed by atoms with E-state index in [1.165, 1.54) is 36.4 Å².